The highest BCUT2D eigenvalue weighted by Gasteiger charge is 2.46. The lowest BCUT2D eigenvalue weighted by Crippen LogP contribution is -2.58. The Morgan fingerprint density at radius 3 is 2.55 bits per heavy atom. The molecule has 206 valence electrons. The van der Waals surface area contributed by atoms with Crippen molar-refractivity contribution in [3.05, 3.63) is 52.8 Å². The number of nitrogens with two attached hydrogens (primary N) is 1. The quantitative estimate of drug-likeness (QED) is 0.310. The number of carbonyl (C=O) groups is 1. The first kappa shape index (κ1) is 28.8. The molecule has 3 N–H and O–H groups in total. The maximum absolute atomic E-state index is 14.6. The lowest BCUT2D eigenvalue weighted by molar-refractivity contribution is -0.148. The van der Waals surface area contributed by atoms with Crippen LogP contribution in [-0.2, 0) is 11.0 Å². The van der Waals surface area contributed by atoms with Gasteiger partial charge >= 0.3 is 6.18 Å². The SMILES string of the molecule is CN=CC(=C(N)C(=O)N1CC(F)(F)C[C@@H](C)C1CNc1ncc(C(F)(F)F)c(OC)n1)c1ccc(C)cc1. The number of nitrogens with one attached hydrogen (secondary N) is 1. The number of aliphatic imine (C=N–C) groups is 1. The third-order valence-electron chi connectivity index (χ3n) is 6.20. The van der Waals surface area contributed by atoms with Crippen molar-refractivity contribution >= 4 is 23.6 Å². The number of anilines is 1. The molecule has 1 saturated heterocycles. The van der Waals surface area contributed by atoms with Gasteiger partial charge in [0.25, 0.3) is 11.8 Å². The third kappa shape index (κ3) is 6.56. The van der Waals surface area contributed by atoms with Gasteiger partial charge in [-0.1, -0.05) is 36.8 Å². The van der Waals surface area contributed by atoms with Gasteiger partial charge in [0.2, 0.25) is 11.8 Å². The molecule has 0 saturated carbocycles. The van der Waals surface area contributed by atoms with Crippen molar-refractivity contribution in [2.45, 2.75) is 38.4 Å². The molecule has 8 nitrogen and oxygen atoms in total. The van der Waals surface area contributed by atoms with Crippen LogP contribution in [0.3, 0.4) is 0 Å². The zero-order valence-corrected chi connectivity index (χ0v) is 21.3. The van der Waals surface area contributed by atoms with Crippen molar-refractivity contribution in [2.75, 3.05) is 32.6 Å². The fourth-order valence-corrected chi connectivity index (χ4v) is 4.31. The van der Waals surface area contributed by atoms with Gasteiger partial charge in [0.15, 0.2) is 0 Å². The van der Waals surface area contributed by atoms with Crippen LogP contribution in [0.5, 0.6) is 5.88 Å². The van der Waals surface area contributed by atoms with Crippen LogP contribution in [-0.4, -0.2) is 66.2 Å². The number of rotatable bonds is 7. The summed E-state index contributed by atoms with van der Waals surface area (Å²) < 4.78 is 73.3. The number of likely N-dealkylation sites (tertiary alicyclic amines) is 1. The molecule has 0 aliphatic carbocycles. The molecule has 1 aliphatic rings. The zero-order chi connectivity index (χ0) is 28.3. The van der Waals surface area contributed by atoms with Crippen LogP contribution < -0.4 is 15.8 Å². The summed E-state index contributed by atoms with van der Waals surface area (Å²) in [5.74, 6) is -5.58. The van der Waals surface area contributed by atoms with Gasteiger partial charge in [-0.25, -0.2) is 13.8 Å². The van der Waals surface area contributed by atoms with Gasteiger partial charge in [-0.05, 0) is 18.4 Å². The first-order chi connectivity index (χ1) is 17.8. The number of methoxy groups -OCH3 is 1. The highest BCUT2D eigenvalue weighted by molar-refractivity contribution is 6.18. The summed E-state index contributed by atoms with van der Waals surface area (Å²) in [7, 11) is 2.53. The normalized spacial score (nSPS) is 20.3. The molecule has 0 spiro atoms. The average molecular weight is 541 g/mol. The highest BCUT2D eigenvalue weighted by Crippen LogP contribution is 2.37. The summed E-state index contributed by atoms with van der Waals surface area (Å²) in [6.07, 6.45) is -3.27. The number of aromatic nitrogens is 2. The molecule has 0 radical (unpaired) electrons. The molecule has 1 unspecified atom stereocenters. The van der Waals surface area contributed by atoms with Crippen LogP contribution in [0.25, 0.3) is 5.57 Å². The highest BCUT2D eigenvalue weighted by atomic mass is 19.4. The number of hydrogen-bond acceptors (Lipinski definition) is 7. The van der Waals surface area contributed by atoms with E-state index in [0.717, 1.165) is 17.6 Å². The number of halogens is 5. The maximum Gasteiger partial charge on any atom is 0.423 e. The molecule has 1 aromatic heterocycles. The number of carbonyl (C=O) groups excluding carboxylic acids is 1. The summed E-state index contributed by atoms with van der Waals surface area (Å²) in [6, 6.07) is 6.33. The molecule has 1 aliphatic heterocycles. The number of hydrogen-bond donors (Lipinski definition) is 2. The Hall–Kier alpha value is -3.77. The summed E-state index contributed by atoms with van der Waals surface area (Å²) >= 11 is 0. The number of aryl methyl sites for hydroxylation is 1. The predicted molar refractivity (Wildman–Crippen MR) is 133 cm³/mol. The van der Waals surface area contributed by atoms with Gasteiger partial charge in [0.1, 0.15) is 11.3 Å². The van der Waals surface area contributed by atoms with E-state index in [1.165, 1.54) is 13.3 Å². The Balaban J connectivity index is 1.93. The largest absolute Gasteiger partial charge is 0.480 e. The molecular weight excluding hydrogens is 511 g/mol. The standard InChI is InChI=1S/C25H29F5N6O2/c1-14-5-7-16(8-6-14)17(10-32-3)20(31)22(37)36-13-24(26,27)9-15(2)19(36)12-34-23-33-11-18(25(28,29)30)21(35-23)38-4/h5-8,10-11,15,19H,9,12-13,31H2,1-4H3,(H,33,34,35)/t15-,19?/m1/s1. The second-order valence-electron chi connectivity index (χ2n) is 9.11. The Labute approximate surface area is 216 Å². The number of nitrogens with zero attached hydrogens (tertiary/aromatic N) is 4. The van der Waals surface area contributed by atoms with Gasteiger partial charge < -0.3 is 20.7 Å². The van der Waals surface area contributed by atoms with E-state index in [0.29, 0.717) is 11.8 Å². The first-order valence-electron chi connectivity index (χ1n) is 11.7. The number of piperidine rings is 1. The first-order valence-corrected chi connectivity index (χ1v) is 11.7. The summed E-state index contributed by atoms with van der Waals surface area (Å²) in [5.41, 5.74) is 6.65. The number of benzene rings is 1. The van der Waals surface area contributed by atoms with Crippen molar-refractivity contribution in [3.63, 3.8) is 0 Å². The molecule has 1 aromatic carbocycles. The molecular formula is C25H29F5N6O2. The average Bonchev–Trinajstić information content (AvgIpc) is 2.85. The van der Waals surface area contributed by atoms with E-state index in [1.807, 2.05) is 19.1 Å². The van der Waals surface area contributed by atoms with Crippen molar-refractivity contribution < 1.29 is 31.5 Å². The molecule has 2 heterocycles. The van der Waals surface area contributed by atoms with Crippen LogP contribution in [0, 0.1) is 12.8 Å². The monoisotopic (exact) mass is 540 g/mol. The van der Waals surface area contributed by atoms with Crippen LogP contribution >= 0.6 is 0 Å². The minimum atomic E-state index is -4.72. The fourth-order valence-electron chi connectivity index (χ4n) is 4.31. The van der Waals surface area contributed by atoms with Gasteiger partial charge in [-0.2, -0.15) is 18.2 Å². The maximum atomic E-state index is 14.6. The Bertz CT molecular complexity index is 1210. The van der Waals surface area contributed by atoms with E-state index in [1.54, 1.807) is 19.1 Å². The Morgan fingerprint density at radius 1 is 1.32 bits per heavy atom. The Kier molecular flexibility index (Phi) is 8.58. The van der Waals surface area contributed by atoms with E-state index >= 15 is 0 Å². The summed E-state index contributed by atoms with van der Waals surface area (Å²) in [6.45, 7) is 2.44. The van der Waals surface area contributed by atoms with E-state index in [-0.39, 0.29) is 23.8 Å². The van der Waals surface area contributed by atoms with E-state index < -0.39 is 54.4 Å². The molecule has 1 amide bonds. The number of alkyl halides is 5. The van der Waals surface area contributed by atoms with Crippen molar-refractivity contribution in [3.8, 4) is 5.88 Å². The fraction of sp³-hybridized carbons (Fsp3) is 0.440. The lowest BCUT2D eigenvalue weighted by Gasteiger charge is -2.43. The second-order valence-corrected chi connectivity index (χ2v) is 9.11. The summed E-state index contributed by atoms with van der Waals surface area (Å²) in [4.78, 5) is 25.9. The molecule has 13 heteroatoms. The zero-order valence-electron chi connectivity index (χ0n) is 21.3. The smallest absolute Gasteiger partial charge is 0.423 e. The van der Waals surface area contributed by atoms with Crippen LogP contribution in [0.15, 0.2) is 41.2 Å². The predicted octanol–water partition coefficient (Wildman–Crippen LogP) is 4.17. The van der Waals surface area contributed by atoms with Crippen molar-refractivity contribution in [1.29, 1.82) is 0 Å². The second kappa shape index (κ2) is 11.3. The van der Waals surface area contributed by atoms with Crippen LogP contribution in [0.1, 0.15) is 30.0 Å². The number of amides is 1. The minimum Gasteiger partial charge on any atom is -0.480 e. The van der Waals surface area contributed by atoms with Crippen LogP contribution in [0.2, 0.25) is 0 Å². The molecule has 3 rings (SSSR count). The number of ether oxygens (including phenoxy) is 1. The topological polar surface area (TPSA) is 106 Å². The molecule has 2 aromatic rings. The van der Waals surface area contributed by atoms with Gasteiger partial charge in [-0.15, -0.1) is 0 Å². The molecule has 2 atom stereocenters. The molecule has 1 fully saturated rings. The van der Waals surface area contributed by atoms with Crippen molar-refractivity contribution in [1.82, 2.24) is 14.9 Å². The minimum absolute atomic E-state index is 0.119. The lowest BCUT2D eigenvalue weighted by atomic mass is 9.88. The third-order valence-corrected chi connectivity index (χ3v) is 6.20. The molecule has 38 heavy (non-hydrogen) atoms. The van der Waals surface area contributed by atoms with E-state index in [4.69, 9.17) is 10.5 Å². The van der Waals surface area contributed by atoms with Gasteiger partial charge in [-0.3, -0.25) is 9.79 Å². The van der Waals surface area contributed by atoms with E-state index in [2.05, 4.69) is 20.3 Å². The Morgan fingerprint density at radius 2 is 1.97 bits per heavy atom. The number of allylic oxidation sites excluding steroid dienone is 1. The van der Waals surface area contributed by atoms with Gasteiger partial charge in [0, 0.05) is 38.0 Å². The van der Waals surface area contributed by atoms with Crippen molar-refractivity contribution in [2.24, 2.45) is 16.6 Å². The van der Waals surface area contributed by atoms with Gasteiger partial charge in [0.05, 0.1) is 19.7 Å². The van der Waals surface area contributed by atoms with Crippen LogP contribution in [0.4, 0.5) is 27.9 Å². The van der Waals surface area contributed by atoms with E-state index in [9.17, 15) is 26.7 Å². The molecule has 0 bridgehead atoms. The summed E-state index contributed by atoms with van der Waals surface area (Å²) in [5, 5.41) is 2.75.